The average Bonchev–Trinajstić information content (AvgIpc) is 3.74. The summed E-state index contributed by atoms with van der Waals surface area (Å²) in [4.78, 5) is 23.1. The molecule has 0 saturated carbocycles. The first-order chi connectivity index (χ1) is 43.4. The zero-order chi connectivity index (χ0) is 63.7. The molecule has 88 heavy (non-hydrogen) atoms. The Labute approximate surface area is 714 Å². The maximum atomic E-state index is 12.2. The van der Waals surface area contributed by atoms with E-state index in [1.54, 1.807) is 125 Å². The predicted molar refractivity (Wildman–Crippen MR) is 589 cm³/mol. The fourth-order valence-corrected chi connectivity index (χ4v) is 184. The first kappa shape index (κ1) is 102. The maximum absolute atomic E-state index is 12.2. The lowest BCUT2D eigenvalue weighted by molar-refractivity contribution is -0.124. The Kier molecular flexibility index (Phi) is 104. The number of aldehydes is 1. The number of benzene rings is 1. The SMILES string of the molecule is CCCCC(C)(C)C(=O)Nc1ccccc1C=O.S=S=S=S=S=S=S=S=S=S=S=S=S=S=S=S=S=S=S=S=S=S=S=S=S=S=S=S=S=S=S=S=S=S=S=S=S=S=S=S=S=S=S=S=S=S=S=S=S=S=S=S=S=S=S=S=S=S=S=S=S=S=S=S=S=S=S=S=S=S. The van der Waals surface area contributed by atoms with Gasteiger partial charge < -0.3 is 5.32 Å². The van der Waals surface area contributed by atoms with Crippen LogP contribution in [0.4, 0.5) is 5.69 Å². The van der Waals surface area contributed by atoms with Gasteiger partial charge in [0.2, 0.25) is 5.91 Å². The second-order valence-electron chi connectivity index (χ2n) is 9.77. The fourth-order valence-electron chi connectivity index (χ4n) is 2.49. The molecular formula is C15H21NO2S70. The number of unbranched alkanes of at least 4 members (excludes halogenated alkanes) is 1. The van der Waals surface area contributed by atoms with E-state index >= 15 is 0 Å². The quantitative estimate of drug-likeness (QED) is 0.444. The van der Waals surface area contributed by atoms with E-state index < -0.39 is 5.41 Å². The summed E-state index contributed by atoms with van der Waals surface area (Å²) in [5.41, 5.74) is 0.686. The molecule has 518 valence electrons. The van der Waals surface area contributed by atoms with Crippen molar-refractivity contribution >= 4 is 644 Å². The first-order valence-electron chi connectivity index (χ1n) is 17.9. The van der Waals surface area contributed by atoms with Gasteiger partial charge in [-0.2, -0.15) is 0 Å². The summed E-state index contributed by atoms with van der Waals surface area (Å²) in [7, 11) is 122. The van der Waals surface area contributed by atoms with Crippen molar-refractivity contribution in [3.05, 3.63) is 29.8 Å². The number of nitrogens with one attached hydrogen (secondary N) is 1. The van der Waals surface area contributed by atoms with Gasteiger partial charge >= 0.3 is 0 Å². The van der Waals surface area contributed by atoms with Crippen LogP contribution in [-0.2, 0) is 631 Å². The number of rotatable bonds is 6. The van der Waals surface area contributed by atoms with Crippen molar-refractivity contribution in [2.75, 3.05) is 5.32 Å². The third kappa shape index (κ3) is 82.3. The highest BCUT2D eigenvalue weighted by molar-refractivity contribution is 8.84. The van der Waals surface area contributed by atoms with E-state index in [0.29, 0.717) is 11.3 Å². The Bertz CT molecular complexity index is 5720. The molecule has 0 saturated heterocycles. The van der Waals surface area contributed by atoms with Crippen LogP contribution < -0.4 is 5.32 Å². The molecule has 0 aliphatic carbocycles. The third-order valence-corrected chi connectivity index (χ3v) is 154. The molecule has 1 rings (SSSR count). The molecule has 0 aromatic heterocycles. The van der Waals surface area contributed by atoms with Crippen molar-refractivity contribution in [2.45, 2.75) is 40.0 Å². The molecule has 3 nitrogen and oxygen atoms in total. The lowest BCUT2D eigenvalue weighted by Crippen LogP contribution is -2.31. The van der Waals surface area contributed by atoms with Gasteiger partial charge in [-0.25, -0.2) is 0 Å². The Morgan fingerprint density at radius 3 is 0.659 bits per heavy atom. The van der Waals surface area contributed by atoms with Gasteiger partial charge in [-0.1, -0.05) is 45.7 Å². The van der Waals surface area contributed by atoms with Gasteiger partial charge in [0.15, 0.2) is 6.29 Å². The maximum Gasteiger partial charge on any atom is 0.230 e. The van der Waals surface area contributed by atoms with Gasteiger partial charge in [0.1, 0.15) is 0 Å². The lowest BCUT2D eigenvalue weighted by atomic mass is 9.86. The van der Waals surface area contributed by atoms with Crippen molar-refractivity contribution in [1.82, 2.24) is 0 Å². The van der Waals surface area contributed by atoms with E-state index in [1.165, 1.54) is 17.8 Å². The molecule has 0 fully saturated rings. The molecule has 0 bridgehead atoms. The molecule has 0 atom stereocenters. The minimum Gasteiger partial charge on any atom is -0.325 e. The van der Waals surface area contributed by atoms with Crippen LogP contribution in [0.3, 0.4) is 0 Å². The smallest absolute Gasteiger partial charge is 0.230 e. The summed E-state index contributed by atoms with van der Waals surface area (Å²) in [6.07, 6.45) is 3.70. The fraction of sp³-hybridized carbons (Fsp3) is 0.467. The van der Waals surface area contributed by atoms with Crippen LogP contribution in [0.15, 0.2) is 24.3 Å². The minimum absolute atomic E-state index is 0.0368. The molecule has 0 aliphatic heterocycles. The molecule has 1 N–H and O–H groups in total. The van der Waals surface area contributed by atoms with Gasteiger partial charge in [0.25, 0.3) is 0 Å². The van der Waals surface area contributed by atoms with Gasteiger partial charge in [-0.3, -0.25) is 9.59 Å². The van der Waals surface area contributed by atoms with Crippen LogP contribution in [0.25, 0.3) is 0 Å². The normalized spacial score (nSPS) is 8.49. The van der Waals surface area contributed by atoms with E-state index in [2.05, 4.69) is 12.2 Å². The predicted octanol–water partition coefficient (Wildman–Crippen LogP) is 3.49. The van der Waals surface area contributed by atoms with Crippen LogP contribution in [-0.4, -0.2) is 12.2 Å². The molecule has 73 heteroatoms. The Morgan fingerprint density at radius 1 is 0.330 bits per heavy atom. The number of carbonyl (C=O) groups is 2. The standard InChI is InChI=1S/C15H21NO2.S70/c1-4-5-10-15(2,3)14(18)16-13-9-7-6-8-12(13)11-17;1-3-5-7-9-11-13-15-17-19-21-23-25-27-29-31-33-35-37-39-41-43-45-47-49-51-53-55-57-59-61-63-65-67-69-70-68-66-64-62-60-58-56-54-52-50-48-46-44-42-40-38-36-34-32-30-28-26-24-22-20-18-16-14-12-10-8-6-4-2/h6-9,11H,4-5,10H2,1-3H3,(H,16,18);. The van der Waals surface area contributed by atoms with Crippen LogP contribution in [0.2, 0.25) is 0 Å². The van der Waals surface area contributed by atoms with Crippen molar-refractivity contribution < 1.29 is 9.59 Å². The molecule has 1 aromatic rings. The molecule has 0 aliphatic rings. The average molecular weight is 2490 g/mol. The van der Waals surface area contributed by atoms with Crippen molar-refractivity contribution in [2.24, 2.45) is 5.41 Å². The highest BCUT2D eigenvalue weighted by Gasteiger charge is 2.27. The van der Waals surface area contributed by atoms with Crippen molar-refractivity contribution in [3.63, 3.8) is 0 Å². The van der Waals surface area contributed by atoms with E-state index in [1.807, 2.05) is 499 Å². The Hall–Kier alpha value is 13.8. The summed E-state index contributed by atoms with van der Waals surface area (Å²) >= 11 is 9.65. The number of hydrogen-bond acceptors (Lipinski definition) is 4. The van der Waals surface area contributed by atoms with Gasteiger partial charge in [0, 0.05) is 637 Å². The largest absolute Gasteiger partial charge is 0.325 e. The first-order valence-corrected chi connectivity index (χ1v) is 110. The lowest BCUT2D eigenvalue weighted by Gasteiger charge is -2.23. The monoisotopic (exact) mass is 2490 g/mol. The van der Waals surface area contributed by atoms with E-state index in [4.69, 9.17) is 22.4 Å². The molecule has 0 unspecified atom stereocenters. The molecule has 0 radical (unpaired) electrons. The van der Waals surface area contributed by atoms with Crippen LogP contribution in [0, 0.1) is 5.41 Å². The number of amides is 1. The van der Waals surface area contributed by atoms with Gasteiger partial charge in [0.05, 0.1) is 5.69 Å². The number of para-hydroxylation sites is 1. The second kappa shape index (κ2) is 89.7. The van der Waals surface area contributed by atoms with Gasteiger partial charge in [-0.15, -0.1) is 0 Å². The number of carbonyl (C=O) groups excluding carboxylic acids is 2. The van der Waals surface area contributed by atoms with Crippen molar-refractivity contribution in [1.29, 1.82) is 0 Å². The zero-order valence-electron chi connectivity index (χ0n) is 39.9. The second-order valence-corrected chi connectivity index (χ2v) is 130. The summed E-state index contributed by atoms with van der Waals surface area (Å²) in [5, 5.41) is 2.84. The van der Waals surface area contributed by atoms with Crippen LogP contribution >= 0.6 is 0 Å². The van der Waals surface area contributed by atoms with Crippen LogP contribution in [0.1, 0.15) is 50.4 Å². The number of hydrogen-bond donors (Lipinski definition) is 1. The minimum atomic E-state index is -0.411. The highest BCUT2D eigenvalue weighted by Crippen LogP contribution is 2.26. The van der Waals surface area contributed by atoms with Crippen molar-refractivity contribution in [3.8, 4) is 0 Å². The summed E-state index contributed by atoms with van der Waals surface area (Å²) in [5.74, 6) is -0.0368. The highest BCUT2D eigenvalue weighted by atomic mass is 33.5. The topological polar surface area (TPSA) is 46.2 Å². The third-order valence-electron chi connectivity index (χ3n) is 4.97. The van der Waals surface area contributed by atoms with E-state index in [9.17, 15) is 9.59 Å². The molecule has 0 spiro atoms. The summed E-state index contributed by atoms with van der Waals surface area (Å²) < 4.78 is 0. The summed E-state index contributed by atoms with van der Waals surface area (Å²) in [6.45, 7) is 5.97. The molecular weight excluding hydrogens is 2470 g/mol. The summed E-state index contributed by atoms with van der Waals surface area (Å²) in [6, 6.07) is 7.03. The van der Waals surface area contributed by atoms with E-state index in [-0.39, 0.29) is 5.91 Å². The number of anilines is 1. The Balaban J connectivity index is 0.00000356. The van der Waals surface area contributed by atoms with Crippen LogP contribution in [0.5, 0.6) is 0 Å². The molecule has 0 heterocycles. The molecule has 1 amide bonds. The Morgan fingerprint density at radius 2 is 0.500 bits per heavy atom. The van der Waals surface area contributed by atoms with E-state index in [0.717, 1.165) is 25.5 Å². The zero-order valence-corrected chi connectivity index (χ0v) is 97.1. The molecule has 1 aromatic carbocycles. The van der Waals surface area contributed by atoms with Gasteiger partial charge in [-0.05, 0) is 18.6 Å².